The molecule has 3 saturated heterocycles. The Labute approximate surface area is 242 Å². The number of hydrogen-bond acceptors (Lipinski definition) is 5. The van der Waals surface area contributed by atoms with Gasteiger partial charge in [0, 0.05) is 44.1 Å². The standard InChI is InChI=1S/C33H41N3O5/c1-32(2,3)41-30(38)34-18-15-33(16-19-34)21-35(22-33)29(37)28-14-8-9-17-36(28)31(39)40-20-27-25-12-6-4-10-23(25)24-11-5-7-13-26(24)27/h4-7,10-13,27-28H,8-9,14-22H2,1-3H3/t28-/m1/s1. The highest BCUT2D eigenvalue weighted by molar-refractivity contribution is 5.87. The van der Waals surface area contributed by atoms with Gasteiger partial charge in [-0.3, -0.25) is 9.69 Å². The van der Waals surface area contributed by atoms with E-state index < -0.39 is 17.7 Å². The Morgan fingerprint density at radius 2 is 1.44 bits per heavy atom. The van der Waals surface area contributed by atoms with E-state index in [4.69, 9.17) is 9.47 Å². The topological polar surface area (TPSA) is 79.4 Å². The van der Waals surface area contributed by atoms with Gasteiger partial charge in [-0.05, 0) is 75.1 Å². The fourth-order valence-electron chi connectivity index (χ4n) is 7.02. The monoisotopic (exact) mass is 559 g/mol. The number of carbonyl (C=O) groups excluding carboxylic acids is 3. The predicted molar refractivity (Wildman–Crippen MR) is 155 cm³/mol. The minimum absolute atomic E-state index is 0.00733. The molecule has 0 aromatic heterocycles. The molecule has 3 fully saturated rings. The van der Waals surface area contributed by atoms with Crippen molar-refractivity contribution in [1.82, 2.24) is 14.7 Å². The predicted octanol–water partition coefficient (Wildman–Crippen LogP) is 5.65. The fourth-order valence-corrected chi connectivity index (χ4v) is 7.02. The zero-order valence-corrected chi connectivity index (χ0v) is 24.4. The molecule has 2 aromatic rings. The van der Waals surface area contributed by atoms with Crippen LogP contribution >= 0.6 is 0 Å². The van der Waals surface area contributed by atoms with Crippen LogP contribution in [0.25, 0.3) is 11.1 Å². The number of nitrogens with zero attached hydrogens (tertiary/aromatic N) is 3. The van der Waals surface area contributed by atoms with Gasteiger partial charge in [-0.25, -0.2) is 9.59 Å². The first kappa shape index (κ1) is 27.6. The summed E-state index contributed by atoms with van der Waals surface area (Å²) in [5, 5.41) is 0. The van der Waals surface area contributed by atoms with Crippen molar-refractivity contribution in [2.45, 2.75) is 70.4 Å². The molecule has 2 aromatic carbocycles. The lowest BCUT2D eigenvalue weighted by molar-refractivity contribution is -0.153. The Kier molecular flexibility index (Phi) is 7.20. The van der Waals surface area contributed by atoms with E-state index in [-0.39, 0.29) is 29.9 Å². The third-order valence-electron chi connectivity index (χ3n) is 9.20. The first-order valence-electron chi connectivity index (χ1n) is 15.0. The van der Waals surface area contributed by atoms with E-state index in [1.54, 1.807) is 9.80 Å². The van der Waals surface area contributed by atoms with Gasteiger partial charge in [0.1, 0.15) is 18.2 Å². The summed E-state index contributed by atoms with van der Waals surface area (Å²) in [5.74, 6) is 0.0190. The molecule has 1 spiro atoms. The van der Waals surface area contributed by atoms with E-state index in [1.807, 2.05) is 49.9 Å². The Bertz CT molecular complexity index is 1270. The summed E-state index contributed by atoms with van der Waals surface area (Å²) >= 11 is 0. The zero-order valence-electron chi connectivity index (χ0n) is 24.4. The van der Waals surface area contributed by atoms with Crippen LogP contribution in [0.15, 0.2) is 48.5 Å². The van der Waals surface area contributed by atoms with Crippen LogP contribution in [0.1, 0.15) is 69.9 Å². The highest BCUT2D eigenvalue weighted by atomic mass is 16.6. The van der Waals surface area contributed by atoms with E-state index in [0.717, 1.165) is 25.7 Å². The number of hydrogen-bond donors (Lipinski definition) is 0. The Balaban J connectivity index is 1.05. The summed E-state index contributed by atoms with van der Waals surface area (Å²) in [6.45, 7) is 9.08. The van der Waals surface area contributed by atoms with Crippen LogP contribution in [-0.2, 0) is 14.3 Å². The summed E-state index contributed by atoms with van der Waals surface area (Å²) in [4.78, 5) is 44.8. The van der Waals surface area contributed by atoms with Crippen molar-refractivity contribution in [2.24, 2.45) is 5.41 Å². The second-order valence-electron chi connectivity index (χ2n) is 13.2. The number of carbonyl (C=O) groups is 3. The van der Waals surface area contributed by atoms with Crippen molar-refractivity contribution < 1.29 is 23.9 Å². The molecule has 8 nitrogen and oxygen atoms in total. The normalized spacial score (nSPS) is 21.6. The summed E-state index contributed by atoms with van der Waals surface area (Å²) in [7, 11) is 0. The second kappa shape index (κ2) is 10.7. The van der Waals surface area contributed by atoms with Crippen LogP contribution in [0.2, 0.25) is 0 Å². The van der Waals surface area contributed by atoms with E-state index in [0.29, 0.717) is 39.1 Å². The second-order valence-corrected chi connectivity index (χ2v) is 13.2. The number of ether oxygens (including phenoxy) is 2. The Morgan fingerprint density at radius 1 is 0.829 bits per heavy atom. The number of amides is 3. The molecular formula is C33H41N3O5. The van der Waals surface area contributed by atoms with Crippen LogP contribution in [-0.4, -0.2) is 83.8 Å². The van der Waals surface area contributed by atoms with Crippen LogP contribution in [0, 0.1) is 5.41 Å². The minimum atomic E-state index is -0.509. The molecule has 218 valence electrons. The molecule has 0 N–H and O–H groups in total. The van der Waals surface area contributed by atoms with E-state index in [2.05, 4.69) is 24.3 Å². The SMILES string of the molecule is CC(C)(C)OC(=O)N1CCC2(CC1)CN(C(=O)[C@H]1CCCCN1C(=O)OCC1c3ccccc3-c3ccccc31)C2. The van der Waals surface area contributed by atoms with Gasteiger partial charge in [0.05, 0.1) is 0 Å². The van der Waals surface area contributed by atoms with E-state index >= 15 is 0 Å². The van der Waals surface area contributed by atoms with E-state index in [1.165, 1.54) is 22.3 Å². The molecule has 0 bridgehead atoms. The van der Waals surface area contributed by atoms with Crippen LogP contribution in [0.4, 0.5) is 9.59 Å². The molecule has 8 heteroatoms. The molecule has 3 amide bonds. The molecule has 0 radical (unpaired) electrons. The molecule has 3 aliphatic heterocycles. The molecule has 0 unspecified atom stereocenters. The van der Waals surface area contributed by atoms with Crippen molar-refractivity contribution >= 4 is 18.1 Å². The first-order valence-corrected chi connectivity index (χ1v) is 15.0. The highest BCUT2D eigenvalue weighted by Crippen LogP contribution is 2.45. The maximum atomic E-state index is 13.6. The summed E-state index contributed by atoms with van der Waals surface area (Å²) in [5.41, 5.74) is 4.29. The van der Waals surface area contributed by atoms with Crippen LogP contribution in [0.5, 0.6) is 0 Å². The lowest BCUT2D eigenvalue weighted by atomic mass is 9.71. The van der Waals surface area contributed by atoms with Crippen molar-refractivity contribution in [1.29, 1.82) is 0 Å². The first-order chi connectivity index (χ1) is 19.6. The third-order valence-corrected chi connectivity index (χ3v) is 9.20. The third kappa shape index (κ3) is 5.41. The molecule has 6 rings (SSSR count). The zero-order chi connectivity index (χ0) is 28.8. The summed E-state index contributed by atoms with van der Waals surface area (Å²) < 4.78 is 11.5. The molecule has 4 aliphatic rings. The Hall–Kier alpha value is -3.55. The van der Waals surface area contributed by atoms with Crippen LogP contribution in [0.3, 0.4) is 0 Å². The number of piperidine rings is 2. The van der Waals surface area contributed by atoms with Crippen LogP contribution < -0.4 is 0 Å². The van der Waals surface area contributed by atoms with Gasteiger partial charge in [0.15, 0.2) is 0 Å². The Morgan fingerprint density at radius 3 is 2.05 bits per heavy atom. The maximum absolute atomic E-state index is 13.6. The molecule has 1 aliphatic carbocycles. The van der Waals surface area contributed by atoms with Crippen molar-refractivity contribution in [3.8, 4) is 11.1 Å². The lowest BCUT2D eigenvalue weighted by Gasteiger charge is -2.55. The number of fused-ring (bicyclic) bond motifs is 3. The molecule has 0 saturated carbocycles. The van der Waals surface area contributed by atoms with Crippen molar-refractivity contribution in [3.05, 3.63) is 59.7 Å². The number of rotatable bonds is 3. The number of benzene rings is 2. The molecule has 1 atom stereocenters. The van der Waals surface area contributed by atoms with Gasteiger partial charge in [0.2, 0.25) is 5.91 Å². The summed E-state index contributed by atoms with van der Waals surface area (Å²) in [6, 6.07) is 16.1. The van der Waals surface area contributed by atoms with E-state index in [9.17, 15) is 14.4 Å². The van der Waals surface area contributed by atoms with Gasteiger partial charge in [0.25, 0.3) is 0 Å². The lowest BCUT2D eigenvalue weighted by Crippen LogP contribution is -2.65. The van der Waals surface area contributed by atoms with Gasteiger partial charge < -0.3 is 19.3 Å². The van der Waals surface area contributed by atoms with Gasteiger partial charge in [-0.15, -0.1) is 0 Å². The molecule has 41 heavy (non-hydrogen) atoms. The average molecular weight is 560 g/mol. The largest absolute Gasteiger partial charge is 0.448 e. The van der Waals surface area contributed by atoms with Crippen molar-refractivity contribution in [3.63, 3.8) is 0 Å². The number of likely N-dealkylation sites (tertiary alicyclic amines) is 3. The van der Waals surface area contributed by atoms with Crippen molar-refractivity contribution in [2.75, 3.05) is 39.3 Å². The molecular weight excluding hydrogens is 518 g/mol. The smallest absolute Gasteiger partial charge is 0.410 e. The minimum Gasteiger partial charge on any atom is -0.448 e. The van der Waals surface area contributed by atoms with Gasteiger partial charge in [-0.1, -0.05) is 48.5 Å². The maximum Gasteiger partial charge on any atom is 0.410 e. The quantitative estimate of drug-likeness (QED) is 0.486. The fraction of sp³-hybridized carbons (Fsp3) is 0.545. The molecule has 3 heterocycles. The highest BCUT2D eigenvalue weighted by Gasteiger charge is 2.50. The van der Waals surface area contributed by atoms with Gasteiger partial charge in [-0.2, -0.15) is 0 Å². The summed E-state index contributed by atoms with van der Waals surface area (Å²) in [6.07, 6.45) is 3.52. The average Bonchev–Trinajstić information content (AvgIpc) is 3.27. The van der Waals surface area contributed by atoms with Gasteiger partial charge >= 0.3 is 12.2 Å².